The molecule has 0 fully saturated rings. The van der Waals surface area contributed by atoms with Crippen molar-refractivity contribution in [2.75, 3.05) is 0 Å². The molecule has 0 radical (unpaired) electrons. The van der Waals surface area contributed by atoms with Crippen molar-refractivity contribution in [2.24, 2.45) is 0 Å². The van der Waals surface area contributed by atoms with Crippen LogP contribution in [-0.2, 0) is 0 Å². The molecule has 0 spiro atoms. The summed E-state index contributed by atoms with van der Waals surface area (Å²) in [4.78, 5) is 3.84. The van der Waals surface area contributed by atoms with Gasteiger partial charge in [-0.3, -0.25) is 4.98 Å². The van der Waals surface area contributed by atoms with Gasteiger partial charge >= 0.3 is 0 Å². The van der Waals surface area contributed by atoms with Gasteiger partial charge in [0.1, 0.15) is 11.6 Å². The van der Waals surface area contributed by atoms with Gasteiger partial charge in [0, 0.05) is 6.20 Å². The second-order valence-electron chi connectivity index (χ2n) is 3.41. The lowest BCUT2D eigenvalue weighted by atomic mass is 10.2. The number of aromatic nitrogens is 1. The average Bonchev–Trinajstić information content (AvgIpc) is 2.33. The molecular formula is C13H8ClF2N. The Balaban J connectivity index is 2.27. The van der Waals surface area contributed by atoms with E-state index in [4.69, 9.17) is 11.6 Å². The average molecular weight is 252 g/mol. The van der Waals surface area contributed by atoms with Crippen LogP contribution in [0.15, 0.2) is 42.6 Å². The number of halogens is 3. The van der Waals surface area contributed by atoms with E-state index in [0.717, 1.165) is 0 Å². The number of hydrogen-bond donors (Lipinski definition) is 0. The maximum Gasteiger partial charge on any atom is 0.149 e. The highest BCUT2D eigenvalue weighted by Crippen LogP contribution is 2.19. The van der Waals surface area contributed by atoms with Crippen LogP contribution in [0.1, 0.15) is 11.3 Å². The summed E-state index contributed by atoms with van der Waals surface area (Å²) in [5.41, 5.74) is 0.763. The van der Waals surface area contributed by atoms with E-state index in [-0.39, 0.29) is 11.5 Å². The zero-order valence-electron chi connectivity index (χ0n) is 8.70. The van der Waals surface area contributed by atoms with Gasteiger partial charge < -0.3 is 0 Å². The molecule has 0 saturated carbocycles. The van der Waals surface area contributed by atoms with Crippen LogP contribution in [0.25, 0.3) is 11.9 Å². The first kappa shape index (κ1) is 11.7. The molecule has 1 aromatic heterocycles. The zero-order valence-corrected chi connectivity index (χ0v) is 9.46. The Bertz CT molecular complexity index is 532. The lowest BCUT2D eigenvalue weighted by molar-refractivity contribution is 0.627. The van der Waals surface area contributed by atoms with E-state index in [1.165, 1.54) is 42.6 Å². The van der Waals surface area contributed by atoms with Crippen molar-refractivity contribution in [2.45, 2.75) is 0 Å². The van der Waals surface area contributed by atoms with Crippen LogP contribution >= 0.6 is 11.6 Å². The van der Waals surface area contributed by atoms with E-state index in [1.54, 1.807) is 6.07 Å². The van der Waals surface area contributed by atoms with E-state index in [9.17, 15) is 8.78 Å². The van der Waals surface area contributed by atoms with E-state index in [2.05, 4.69) is 4.98 Å². The molecule has 1 aromatic carbocycles. The number of hydrogen-bond acceptors (Lipinski definition) is 1. The fraction of sp³-hybridized carbons (Fsp3) is 0. The molecule has 0 amide bonds. The first-order valence-corrected chi connectivity index (χ1v) is 5.27. The molecule has 0 aliphatic heterocycles. The normalized spacial score (nSPS) is 11.6. The standard InChI is InChI=1S/C13H8ClF2N/c14-10-3-6-13(17-8-10)12(16)7-9-1-4-11(15)5-2-9/h1-8H/b12-7-. The van der Waals surface area contributed by atoms with Gasteiger partial charge in [-0.1, -0.05) is 23.7 Å². The van der Waals surface area contributed by atoms with Crippen molar-refractivity contribution < 1.29 is 8.78 Å². The Morgan fingerprint density at radius 3 is 2.41 bits per heavy atom. The highest BCUT2D eigenvalue weighted by Gasteiger charge is 2.02. The molecule has 1 nitrogen and oxygen atoms in total. The van der Waals surface area contributed by atoms with Crippen LogP contribution in [0.2, 0.25) is 5.02 Å². The van der Waals surface area contributed by atoms with Crippen LogP contribution in [-0.4, -0.2) is 4.98 Å². The summed E-state index contributed by atoms with van der Waals surface area (Å²) in [5.74, 6) is -0.847. The molecule has 0 saturated heterocycles. The molecule has 86 valence electrons. The predicted molar refractivity (Wildman–Crippen MR) is 64.6 cm³/mol. The highest BCUT2D eigenvalue weighted by atomic mass is 35.5. The van der Waals surface area contributed by atoms with Gasteiger partial charge in [-0.15, -0.1) is 0 Å². The SMILES string of the molecule is F/C(=C\c1ccc(F)cc1)c1ccc(Cl)cn1. The van der Waals surface area contributed by atoms with Crippen LogP contribution in [0.5, 0.6) is 0 Å². The first-order chi connectivity index (χ1) is 8.15. The Morgan fingerprint density at radius 2 is 1.82 bits per heavy atom. The minimum absolute atomic E-state index is 0.193. The summed E-state index contributed by atoms with van der Waals surface area (Å²) in [6.45, 7) is 0. The van der Waals surface area contributed by atoms with Crippen molar-refractivity contribution in [1.82, 2.24) is 4.98 Å². The molecule has 2 aromatic rings. The van der Waals surface area contributed by atoms with Gasteiger partial charge in [-0.25, -0.2) is 8.78 Å². The summed E-state index contributed by atoms with van der Waals surface area (Å²) < 4.78 is 26.4. The third-order valence-corrected chi connectivity index (χ3v) is 2.36. The van der Waals surface area contributed by atoms with Gasteiger partial charge in [0.2, 0.25) is 0 Å². The Morgan fingerprint density at radius 1 is 1.12 bits per heavy atom. The summed E-state index contributed by atoms with van der Waals surface area (Å²) in [6, 6.07) is 8.57. The molecule has 0 aliphatic carbocycles. The minimum atomic E-state index is -0.492. The third kappa shape index (κ3) is 3.11. The summed E-state index contributed by atoms with van der Waals surface area (Å²) >= 11 is 5.65. The van der Waals surface area contributed by atoms with Crippen molar-refractivity contribution in [3.05, 3.63) is 64.7 Å². The van der Waals surface area contributed by atoms with E-state index in [1.807, 2.05) is 0 Å². The molecule has 0 unspecified atom stereocenters. The van der Waals surface area contributed by atoms with Crippen LogP contribution < -0.4 is 0 Å². The molecule has 17 heavy (non-hydrogen) atoms. The fourth-order valence-corrected chi connectivity index (χ4v) is 1.41. The summed E-state index contributed by atoms with van der Waals surface area (Å²) in [6.07, 6.45) is 2.66. The monoisotopic (exact) mass is 251 g/mol. The van der Waals surface area contributed by atoms with Crippen molar-refractivity contribution in [1.29, 1.82) is 0 Å². The topological polar surface area (TPSA) is 12.9 Å². The summed E-state index contributed by atoms with van der Waals surface area (Å²) in [5, 5.41) is 0.448. The Kier molecular flexibility index (Phi) is 3.49. The molecule has 0 N–H and O–H groups in total. The fourth-order valence-electron chi connectivity index (χ4n) is 1.30. The summed E-state index contributed by atoms with van der Waals surface area (Å²) in [7, 11) is 0. The van der Waals surface area contributed by atoms with Crippen LogP contribution in [0, 0.1) is 5.82 Å². The predicted octanol–water partition coefficient (Wildman–Crippen LogP) is 4.34. The molecule has 4 heteroatoms. The van der Waals surface area contributed by atoms with Gasteiger partial charge in [0.05, 0.1) is 10.7 Å². The second kappa shape index (κ2) is 5.06. The molecule has 1 heterocycles. The van der Waals surface area contributed by atoms with Crippen molar-refractivity contribution in [3.63, 3.8) is 0 Å². The lowest BCUT2D eigenvalue weighted by Crippen LogP contribution is -1.84. The van der Waals surface area contributed by atoms with Gasteiger partial charge in [0.15, 0.2) is 0 Å². The number of nitrogens with zero attached hydrogens (tertiary/aromatic N) is 1. The van der Waals surface area contributed by atoms with Crippen molar-refractivity contribution >= 4 is 23.5 Å². The van der Waals surface area contributed by atoms with E-state index in [0.29, 0.717) is 10.6 Å². The maximum atomic E-state index is 13.7. The molecular weight excluding hydrogens is 244 g/mol. The third-order valence-electron chi connectivity index (χ3n) is 2.14. The number of pyridine rings is 1. The Hall–Kier alpha value is -1.74. The molecule has 0 atom stereocenters. The minimum Gasteiger partial charge on any atom is -0.252 e. The highest BCUT2D eigenvalue weighted by molar-refractivity contribution is 6.30. The number of benzene rings is 1. The molecule has 0 bridgehead atoms. The second-order valence-corrected chi connectivity index (χ2v) is 3.84. The quantitative estimate of drug-likeness (QED) is 0.774. The van der Waals surface area contributed by atoms with Gasteiger partial charge in [-0.2, -0.15) is 0 Å². The zero-order chi connectivity index (χ0) is 12.3. The number of rotatable bonds is 2. The first-order valence-electron chi connectivity index (χ1n) is 4.90. The van der Waals surface area contributed by atoms with Crippen LogP contribution in [0.4, 0.5) is 8.78 Å². The van der Waals surface area contributed by atoms with Gasteiger partial charge in [0.25, 0.3) is 0 Å². The van der Waals surface area contributed by atoms with E-state index < -0.39 is 5.83 Å². The smallest absolute Gasteiger partial charge is 0.149 e. The van der Waals surface area contributed by atoms with E-state index >= 15 is 0 Å². The van der Waals surface area contributed by atoms with Gasteiger partial charge in [-0.05, 0) is 35.9 Å². The molecule has 2 rings (SSSR count). The van der Waals surface area contributed by atoms with Crippen molar-refractivity contribution in [3.8, 4) is 0 Å². The van der Waals surface area contributed by atoms with Crippen LogP contribution in [0.3, 0.4) is 0 Å². The lowest BCUT2D eigenvalue weighted by Gasteiger charge is -1.98. The largest absolute Gasteiger partial charge is 0.252 e. The molecule has 0 aliphatic rings. The Labute approximate surface area is 102 Å². The maximum absolute atomic E-state index is 13.7.